The maximum absolute atomic E-state index is 13.2. The molecule has 162 valence electrons. The maximum atomic E-state index is 13.2. The molecule has 0 radical (unpaired) electrons. The highest BCUT2D eigenvalue weighted by Crippen LogP contribution is 2.20. The molecule has 1 aromatic carbocycles. The number of halogens is 1. The molecular formula is C20H23FN8O2. The van der Waals surface area contributed by atoms with Gasteiger partial charge < -0.3 is 9.80 Å². The molecule has 1 aliphatic rings. The largest absolute Gasteiger partial charge is 0.339 e. The molecule has 0 spiro atoms. The topological polar surface area (TPSA) is 102 Å². The summed E-state index contributed by atoms with van der Waals surface area (Å²) >= 11 is 0. The fraction of sp³-hybridized carbons (Fsp3) is 0.400. The predicted octanol–water partition coefficient (Wildman–Crippen LogP) is 0.528. The van der Waals surface area contributed by atoms with Crippen LogP contribution in [0.5, 0.6) is 0 Å². The minimum Gasteiger partial charge on any atom is -0.339 e. The Morgan fingerprint density at radius 2 is 1.65 bits per heavy atom. The van der Waals surface area contributed by atoms with Gasteiger partial charge in [0.2, 0.25) is 11.8 Å². The van der Waals surface area contributed by atoms with Gasteiger partial charge in [0.05, 0.1) is 17.8 Å². The fourth-order valence-corrected chi connectivity index (χ4v) is 3.72. The number of tetrazole rings is 1. The average molecular weight is 426 g/mol. The molecule has 0 unspecified atom stereocenters. The fourth-order valence-electron chi connectivity index (χ4n) is 3.72. The number of piperazine rings is 1. The molecular weight excluding hydrogens is 403 g/mol. The van der Waals surface area contributed by atoms with Gasteiger partial charge in [-0.1, -0.05) is 0 Å². The number of rotatable bonds is 5. The SMILES string of the molecule is Cc1nn(-c2ccc(F)cc2)c(C)c1CC(=O)N1CCN(C(=O)Cn2cnnn2)CC1. The lowest BCUT2D eigenvalue weighted by molar-refractivity contribution is -0.139. The van der Waals surface area contributed by atoms with Gasteiger partial charge in [0.15, 0.2) is 0 Å². The smallest absolute Gasteiger partial charge is 0.244 e. The second-order valence-electron chi connectivity index (χ2n) is 7.48. The van der Waals surface area contributed by atoms with E-state index in [2.05, 4.69) is 20.6 Å². The van der Waals surface area contributed by atoms with E-state index >= 15 is 0 Å². The normalized spacial score (nSPS) is 14.2. The number of carbonyl (C=O) groups excluding carboxylic acids is 2. The summed E-state index contributed by atoms with van der Waals surface area (Å²) in [6.07, 6.45) is 1.63. The van der Waals surface area contributed by atoms with Crippen LogP contribution in [0.25, 0.3) is 5.69 Å². The van der Waals surface area contributed by atoms with Crippen LogP contribution in [-0.4, -0.2) is 77.8 Å². The third kappa shape index (κ3) is 4.44. The minimum absolute atomic E-state index is 0.00238. The van der Waals surface area contributed by atoms with E-state index in [4.69, 9.17) is 0 Å². The van der Waals surface area contributed by atoms with Crippen LogP contribution in [0.15, 0.2) is 30.6 Å². The van der Waals surface area contributed by atoms with Crippen LogP contribution in [0, 0.1) is 19.7 Å². The van der Waals surface area contributed by atoms with E-state index in [1.807, 2.05) is 13.8 Å². The van der Waals surface area contributed by atoms with Crippen LogP contribution in [0.2, 0.25) is 0 Å². The Bertz CT molecular complexity index is 1070. The zero-order valence-electron chi connectivity index (χ0n) is 17.4. The summed E-state index contributed by atoms with van der Waals surface area (Å²) in [6, 6.07) is 6.09. The van der Waals surface area contributed by atoms with Crippen LogP contribution in [-0.2, 0) is 22.6 Å². The number of amides is 2. The second kappa shape index (κ2) is 8.62. The monoisotopic (exact) mass is 426 g/mol. The van der Waals surface area contributed by atoms with Gasteiger partial charge in [-0.05, 0) is 48.5 Å². The molecule has 0 saturated carbocycles. The van der Waals surface area contributed by atoms with Crippen molar-refractivity contribution < 1.29 is 14.0 Å². The van der Waals surface area contributed by atoms with E-state index in [0.29, 0.717) is 26.2 Å². The van der Waals surface area contributed by atoms with Crippen molar-refractivity contribution in [2.45, 2.75) is 26.8 Å². The first-order chi connectivity index (χ1) is 14.9. The number of hydrogen-bond acceptors (Lipinski definition) is 6. The summed E-state index contributed by atoms with van der Waals surface area (Å²) in [5, 5.41) is 15.3. The quantitative estimate of drug-likeness (QED) is 0.590. The van der Waals surface area contributed by atoms with Crippen molar-refractivity contribution in [1.29, 1.82) is 0 Å². The molecule has 2 aromatic heterocycles. The highest BCUT2D eigenvalue weighted by Gasteiger charge is 2.26. The van der Waals surface area contributed by atoms with Crippen molar-refractivity contribution in [1.82, 2.24) is 39.8 Å². The molecule has 11 heteroatoms. The molecule has 0 N–H and O–H groups in total. The lowest BCUT2D eigenvalue weighted by Crippen LogP contribution is -2.51. The van der Waals surface area contributed by atoms with E-state index in [-0.39, 0.29) is 30.6 Å². The van der Waals surface area contributed by atoms with Crippen molar-refractivity contribution in [2.24, 2.45) is 0 Å². The van der Waals surface area contributed by atoms with Gasteiger partial charge in [0.1, 0.15) is 18.7 Å². The molecule has 3 aromatic rings. The van der Waals surface area contributed by atoms with E-state index in [1.54, 1.807) is 26.6 Å². The Labute approximate surface area is 178 Å². The number of hydrogen-bond donors (Lipinski definition) is 0. The number of nitrogens with zero attached hydrogens (tertiary/aromatic N) is 8. The number of benzene rings is 1. The molecule has 1 fully saturated rings. The Kier molecular flexibility index (Phi) is 5.74. The number of aromatic nitrogens is 6. The highest BCUT2D eigenvalue weighted by atomic mass is 19.1. The van der Waals surface area contributed by atoms with Crippen molar-refractivity contribution >= 4 is 11.8 Å². The lowest BCUT2D eigenvalue weighted by atomic mass is 10.1. The van der Waals surface area contributed by atoms with Gasteiger partial charge >= 0.3 is 0 Å². The summed E-state index contributed by atoms with van der Waals surface area (Å²) < 4.78 is 16.3. The van der Waals surface area contributed by atoms with Crippen LogP contribution >= 0.6 is 0 Å². The van der Waals surface area contributed by atoms with Crippen molar-refractivity contribution in [3.8, 4) is 5.69 Å². The summed E-state index contributed by atoms with van der Waals surface area (Å²) in [7, 11) is 0. The third-order valence-corrected chi connectivity index (χ3v) is 5.51. The van der Waals surface area contributed by atoms with Crippen LogP contribution < -0.4 is 0 Å². The van der Waals surface area contributed by atoms with E-state index in [0.717, 1.165) is 22.6 Å². The molecule has 0 aliphatic carbocycles. The average Bonchev–Trinajstić information content (AvgIpc) is 3.38. The molecule has 4 rings (SSSR count). The Morgan fingerprint density at radius 3 is 2.26 bits per heavy atom. The summed E-state index contributed by atoms with van der Waals surface area (Å²) in [4.78, 5) is 28.7. The molecule has 0 atom stereocenters. The molecule has 0 bridgehead atoms. The van der Waals surface area contributed by atoms with Gasteiger partial charge in [-0.15, -0.1) is 5.10 Å². The van der Waals surface area contributed by atoms with E-state index in [9.17, 15) is 14.0 Å². The molecule has 1 aliphatic heterocycles. The predicted molar refractivity (Wildman–Crippen MR) is 108 cm³/mol. The van der Waals surface area contributed by atoms with Gasteiger partial charge in [-0.2, -0.15) is 5.10 Å². The van der Waals surface area contributed by atoms with E-state index < -0.39 is 0 Å². The van der Waals surface area contributed by atoms with E-state index in [1.165, 1.54) is 23.1 Å². The molecule has 1 saturated heterocycles. The van der Waals surface area contributed by atoms with Gasteiger partial charge in [0, 0.05) is 37.4 Å². The van der Waals surface area contributed by atoms with Crippen molar-refractivity contribution in [3.05, 3.63) is 53.4 Å². The maximum Gasteiger partial charge on any atom is 0.244 e. The highest BCUT2D eigenvalue weighted by molar-refractivity contribution is 5.80. The number of aryl methyl sites for hydroxylation is 1. The first kappa shape index (κ1) is 20.6. The zero-order chi connectivity index (χ0) is 22.0. The minimum atomic E-state index is -0.309. The second-order valence-corrected chi connectivity index (χ2v) is 7.48. The van der Waals surface area contributed by atoms with Gasteiger partial charge in [-0.3, -0.25) is 9.59 Å². The van der Waals surface area contributed by atoms with Crippen LogP contribution in [0.3, 0.4) is 0 Å². The first-order valence-corrected chi connectivity index (χ1v) is 9.99. The Hall–Kier alpha value is -3.63. The zero-order valence-corrected chi connectivity index (χ0v) is 17.4. The van der Waals surface area contributed by atoms with Crippen LogP contribution in [0.4, 0.5) is 4.39 Å². The molecule has 10 nitrogen and oxygen atoms in total. The van der Waals surface area contributed by atoms with Crippen molar-refractivity contribution in [2.75, 3.05) is 26.2 Å². The van der Waals surface area contributed by atoms with Crippen molar-refractivity contribution in [3.63, 3.8) is 0 Å². The standard InChI is InChI=1S/C20H23FN8O2/c1-14-18(15(2)29(23-14)17-5-3-16(21)4-6-17)11-19(30)26-7-9-27(10-8-26)20(31)12-28-13-22-24-25-28/h3-6,13H,7-12H2,1-2H3. The summed E-state index contributed by atoms with van der Waals surface area (Å²) in [6.45, 7) is 5.75. The molecule has 2 amide bonds. The summed E-state index contributed by atoms with van der Waals surface area (Å²) in [5.74, 6) is -0.389. The molecule has 31 heavy (non-hydrogen) atoms. The Morgan fingerprint density at radius 1 is 1.00 bits per heavy atom. The Balaban J connectivity index is 1.37. The van der Waals surface area contributed by atoms with Gasteiger partial charge in [-0.25, -0.2) is 13.8 Å². The lowest BCUT2D eigenvalue weighted by Gasteiger charge is -2.34. The number of carbonyl (C=O) groups is 2. The third-order valence-electron chi connectivity index (χ3n) is 5.51. The first-order valence-electron chi connectivity index (χ1n) is 9.99. The van der Waals surface area contributed by atoms with Crippen LogP contribution in [0.1, 0.15) is 17.0 Å². The van der Waals surface area contributed by atoms with Gasteiger partial charge in [0.25, 0.3) is 0 Å². The molecule has 3 heterocycles. The summed E-state index contributed by atoms with van der Waals surface area (Å²) in [5.41, 5.74) is 3.24.